The third-order valence-corrected chi connectivity index (χ3v) is 1.03. The second kappa shape index (κ2) is 2.17. The molecule has 0 aliphatic carbocycles. The molecule has 0 N–H and O–H groups in total. The standard InChI is InChI=1S/C4H6ClFO2/c5-4(6)3-7-1-2-8-4/h1-3H2. The molecule has 1 aliphatic rings. The van der Waals surface area contributed by atoms with E-state index in [0.717, 1.165) is 0 Å². The second-order valence-corrected chi connectivity index (χ2v) is 2.10. The van der Waals surface area contributed by atoms with Crippen molar-refractivity contribution in [2.75, 3.05) is 19.8 Å². The Morgan fingerprint density at radius 3 is 2.50 bits per heavy atom. The zero-order valence-corrected chi connectivity index (χ0v) is 4.95. The smallest absolute Gasteiger partial charge is 0.310 e. The molecule has 0 aromatic heterocycles. The number of halogens is 2. The van der Waals surface area contributed by atoms with Crippen molar-refractivity contribution in [1.29, 1.82) is 0 Å². The highest BCUT2D eigenvalue weighted by Crippen LogP contribution is 2.21. The molecule has 0 saturated carbocycles. The van der Waals surface area contributed by atoms with Crippen LogP contribution in [0.25, 0.3) is 0 Å². The maximum Gasteiger partial charge on any atom is 0.310 e. The van der Waals surface area contributed by atoms with Crippen LogP contribution in [0, 0.1) is 0 Å². The summed E-state index contributed by atoms with van der Waals surface area (Å²) in [6, 6.07) is 0. The van der Waals surface area contributed by atoms with Gasteiger partial charge in [-0.25, -0.2) is 0 Å². The average Bonchev–Trinajstić information content (AvgIpc) is 1.65. The van der Waals surface area contributed by atoms with Gasteiger partial charge in [0.2, 0.25) is 0 Å². The molecule has 0 aromatic carbocycles. The number of hydrogen-bond acceptors (Lipinski definition) is 2. The Morgan fingerprint density at radius 2 is 2.25 bits per heavy atom. The molecule has 8 heavy (non-hydrogen) atoms. The number of rotatable bonds is 0. The van der Waals surface area contributed by atoms with Crippen LogP contribution in [0.4, 0.5) is 4.39 Å². The topological polar surface area (TPSA) is 18.5 Å². The minimum atomic E-state index is -2.07. The first-order valence-corrected chi connectivity index (χ1v) is 2.68. The van der Waals surface area contributed by atoms with Crippen LogP contribution in [0.5, 0.6) is 0 Å². The molecule has 1 aliphatic heterocycles. The second-order valence-electron chi connectivity index (χ2n) is 1.54. The summed E-state index contributed by atoms with van der Waals surface area (Å²) in [5.74, 6) is 0. The van der Waals surface area contributed by atoms with Crippen molar-refractivity contribution in [3.63, 3.8) is 0 Å². The van der Waals surface area contributed by atoms with Crippen molar-refractivity contribution in [2.45, 2.75) is 5.31 Å². The van der Waals surface area contributed by atoms with Gasteiger partial charge in [0.15, 0.2) is 0 Å². The van der Waals surface area contributed by atoms with E-state index in [1.54, 1.807) is 0 Å². The van der Waals surface area contributed by atoms with E-state index in [1.807, 2.05) is 0 Å². The van der Waals surface area contributed by atoms with Crippen LogP contribution in [-0.2, 0) is 9.47 Å². The van der Waals surface area contributed by atoms with Crippen LogP contribution in [-0.4, -0.2) is 25.1 Å². The SMILES string of the molecule is FC1(Cl)COCCO1. The highest BCUT2D eigenvalue weighted by atomic mass is 35.5. The quantitative estimate of drug-likeness (QED) is 0.466. The predicted octanol–water partition coefficient (Wildman–Crippen LogP) is 0.895. The lowest BCUT2D eigenvalue weighted by molar-refractivity contribution is -0.174. The van der Waals surface area contributed by atoms with Crippen molar-refractivity contribution in [1.82, 2.24) is 0 Å². The zero-order valence-electron chi connectivity index (χ0n) is 4.19. The molecule has 0 aromatic rings. The summed E-state index contributed by atoms with van der Waals surface area (Å²) in [6.45, 7) is 0.493. The molecule has 0 radical (unpaired) electrons. The van der Waals surface area contributed by atoms with E-state index in [0.29, 0.717) is 6.61 Å². The molecule has 0 bridgehead atoms. The van der Waals surface area contributed by atoms with Gasteiger partial charge in [0, 0.05) is 0 Å². The Bertz CT molecular complexity index is 78.1. The maximum atomic E-state index is 12.3. The van der Waals surface area contributed by atoms with Crippen molar-refractivity contribution in [3.8, 4) is 0 Å². The molecule has 1 fully saturated rings. The van der Waals surface area contributed by atoms with Gasteiger partial charge < -0.3 is 9.47 Å². The van der Waals surface area contributed by atoms with E-state index < -0.39 is 5.31 Å². The van der Waals surface area contributed by atoms with Gasteiger partial charge in [-0.3, -0.25) is 0 Å². The summed E-state index contributed by atoms with van der Waals surface area (Å²) in [6.07, 6.45) is 0. The summed E-state index contributed by atoms with van der Waals surface area (Å²) >= 11 is 5.06. The Morgan fingerprint density at radius 1 is 1.50 bits per heavy atom. The van der Waals surface area contributed by atoms with Crippen molar-refractivity contribution < 1.29 is 13.9 Å². The summed E-state index contributed by atoms with van der Waals surface area (Å²) in [4.78, 5) is 0. The van der Waals surface area contributed by atoms with Gasteiger partial charge in [0.1, 0.15) is 6.61 Å². The normalized spacial score (nSPS) is 39.8. The zero-order chi connectivity index (χ0) is 6.04. The minimum absolute atomic E-state index is 0.172. The maximum absolute atomic E-state index is 12.3. The predicted molar refractivity (Wildman–Crippen MR) is 26.5 cm³/mol. The first-order valence-electron chi connectivity index (χ1n) is 2.30. The molecule has 48 valence electrons. The Labute approximate surface area is 51.5 Å². The minimum Gasteiger partial charge on any atom is -0.372 e. The van der Waals surface area contributed by atoms with Gasteiger partial charge >= 0.3 is 5.31 Å². The number of hydrogen-bond donors (Lipinski definition) is 0. The van der Waals surface area contributed by atoms with Crippen LogP contribution in [0.2, 0.25) is 0 Å². The fourth-order valence-corrected chi connectivity index (χ4v) is 0.637. The Balaban J connectivity index is 2.33. The van der Waals surface area contributed by atoms with Crippen molar-refractivity contribution >= 4 is 11.6 Å². The van der Waals surface area contributed by atoms with Crippen LogP contribution < -0.4 is 0 Å². The van der Waals surface area contributed by atoms with Gasteiger partial charge in [-0.2, -0.15) is 4.39 Å². The van der Waals surface area contributed by atoms with Crippen LogP contribution >= 0.6 is 11.6 Å². The monoisotopic (exact) mass is 140 g/mol. The van der Waals surface area contributed by atoms with E-state index in [1.165, 1.54) is 0 Å². The van der Waals surface area contributed by atoms with E-state index in [-0.39, 0.29) is 13.2 Å². The molecule has 1 atom stereocenters. The summed E-state index contributed by atoms with van der Waals surface area (Å²) in [7, 11) is 0. The molecular weight excluding hydrogens is 134 g/mol. The molecule has 4 heteroatoms. The lowest BCUT2D eigenvalue weighted by Gasteiger charge is -2.22. The highest BCUT2D eigenvalue weighted by Gasteiger charge is 2.30. The Hall–Kier alpha value is 0.140. The average molecular weight is 141 g/mol. The fraction of sp³-hybridized carbons (Fsp3) is 1.00. The first kappa shape index (κ1) is 6.26. The lowest BCUT2D eigenvalue weighted by Crippen LogP contribution is -2.33. The van der Waals surface area contributed by atoms with Crippen molar-refractivity contribution in [2.24, 2.45) is 0 Å². The third kappa shape index (κ3) is 1.58. The van der Waals surface area contributed by atoms with Crippen LogP contribution in [0.15, 0.2) is 0 Å². The lowest BCUT2D eigenvalue weighted by atomic mass is 10.6. The molecule has 1 unspecified atom stereocenters. The Kier molecular flexibility index (Phi) is 1.70. The van der Waals surface area contributed by atoms with Gasteiger partial charge in [0.25, 0.3) is 0 Å². The van der Waals surface area contributed by atoms with E-state index >= 15 is 0 Å². The van der Waals surface area contributed by atoms with Crippen LogP contribution in [0.3, 0.4) is 0 Å². The number of ether oxygens (including phenoxy) is 2. The van der Waals surface area contributed by atoms with E-state index in [4.69, 9.17) is 11.6 Å². The summed E-state index contributed by atoms with van der Waals surface area (Å²) < 4.78 is 21.4. The van der Waals surface area contributed by atoms with Gasteiger partial charge in [-0.05, 0) is 11.6 Å². The molecule has 1 saturated heterocycles. The van der Waals surface area contributed by atoms with Gasteiger partial charge in [-0.1, -0.05) is 0 Å². The van der Waals surface area contributed by atoms with Gasteiger partial charge in [0.05, 0.1) is 13.2 Å². The van der Waals surface area contributed by atoms with E-state index in [9.17, 15) is 4.39 Å². The molecule has 1 rings (SSSR count). The van der Waals surface area contributed by atoms with Crippen molar-refractivity contribution in [3.05, 3.63) is 0 Å². The molecular formula is C4H6ClFO2. The molecule has 0 amide bonds. The van der Waals surface area contributed by atoms with Crippen LogP contribution in [0.1, 0.15) is 0 Å². The largest absolute Gasteiger partial charge is 0.372 e. The summed E-state index contributed by atoms with van der Waals surface area (Å²) in [5.41, 5.74) is 0. The summed E-state index contributed by atoms with van der Waals surface area (Å²) in [5, 5.41) is -2.07. The third-order valence-electron chi connectivity index (χ3n) is 0.811. The molecule has 2 nitrogen and oxygen atoms in total. The molecule has 1 heterocycles. The number of alkyl halides is 2. The van der Waals surface area contributed by atoms with E-state index in [2.05, 4.69) is 9.47 Å². The first-order chi connectivity index (χ1) is 3.71. The highest BCUT2D eigenvalue weighted by molar-refractivity contribution is 6.21. The van der Waals surface area contributed by atoms with Gasteiger partial charge in [-0.15, -0.1) is 0 Å². The molecule has 0 spiro atoms. The fourth-order valence-electron chi connectivity index (χ4n) is 0.483.